The highest BCUT2D eigenvalue weighted by molar-refractivity contribution is 7.92. The molecule has 0 saturated heterocycles. The Morgan fingerprint density at radius 3 is 2.18 bits per heavy atom. The zero-order chi connectivity index (χ0) is 13.1. The molecule has 0 aliphatic heterocycles. The summed E-state index contributed by atoms with van der Waals surface area (Å²) >= 11 is 0. The number of carbonyl (C=O) groups is 1. The van der Waals surface area contributed by atoms with E-state index in [9.17, 15) is 13.2 Å². The Bertz CT molecular complexity index is 547. The fourth-order valence-corrected chi connectivity index (χ4v) is 1.70. The molecule has 0 heterocycles. The second kappa shape index (κ2) is 4.83. The lowest BCUT2D eigenvalue weighted by molar-refractivity contribution is -0.129. The highest BCUT2D eigenvalue weighted by Gasteiger charge is 2.13. The van der Waals surface area contributed by atoms with Crippen LogP contribution in [0.15, 0.2) is 29.4 Å². The lowest BCUT2D eigenvalue weighted by Gasteiger charge is -2.04. The molecule has 0 bridgehead atoms. The zero-order valence-electron chi connectivity index (χ0n) is 8.78. The third kappa shape index (κ3) is 3.76. The number of hydrogen-bond donors (Lipinski definition) is 3. The summed E-state index contributed by atoms with van der Waals surface area (Å²) in [5.74, 6) is -1.38. The second-order valence-corrected chi connectivity index (χ2v) is 4.95. The number of nitrogens with one attached hydrogen (secondary N) is 1. The Morgan fingerprint density at radius 2 is 1.82 bits per heavy atom. The third-order valence-corrected chi connectivity index (χ3v) is 2.37. The Balaban J connectivity index is 3.00. The first-order chi connectivity index (χ1) is 7.83. The van der Waals surface area contributed by atoms with Gasteiger partial charge in [-0.2, -0.15) is 0 Å². The van der Waals surface area contributed by atoms with Crippen LogP contribution in [-0.4, -0.2) is 36.7 Å². The number of sulfonamides is 1. The number of nitrogens with zero attached hydrogens (tertiary/aromatic N) is 1. The molecule has 0 unspecified atom stereocenters. The SMILES string of the molecule is CS(=O)(=O)Nc1ccc(C(=NO)C(=O)O)cc1. The summed E-state index contributed by atoms with van der Waals surface area (Å²) in [5.41, 5.74) is -0.0612. The molecule has 0 spiro atoms. The van der Waals surface area contributed by atoms with E-state index in [1.165, 1.54) is 24.3 Å². The molecule has 0 aliphatic carbocycles. The molecule has 0 atom stereocenters. The van der Waals surface area contributed by atoms with E-state index in [2.05, 4.69) is 9.88 Å². The van der Waals surface area contributed by atoms with E-state index in [-0.39, 0.29) is 5.56 Å². The van der Waals surface area contributed by atoms with Gasteiger partial charge in [-0.1, -0.05) is 17.3 Å². The van der Waals surface area contributed by atoms with E-state index in [4.69, 9.17) is 10.3 Å². The number of hydrogen-bond acceptors (Lipinski definition) is 5. The van der Waals surface area contributed by atoms with E-state index >= 15 is 0 Å². The highest BCUT2D eigenvalue weighted by Crippen LogP contribution is 2.11. The van der Waals surface area contributed by atoms with Crippen molar-refractivity contribution in [3.05, 3.63) is 29.8 Å². The third-order valence-electron chi connectivity index (χ3n) is 1.76. The van der Waals surface area contributed by atoms with Crippen LogP contribution in [0.5, 0.6) is 0 Å². The largest absolute Gasteiger partial charge is 0.476 e. The fourth-order valence-electron chi connectivity index (χ4n) is 1.13. The van der Waals surface area contributed by atoms with Crippen molar-refractivity contribution in [2.45, 2.75) is 0 Å². The smallest absolute Gasteiger partial charge is 0.358 e. The Kier molecular flexibility index (Phi) is 3.69. The second-order valence-electron chi connectivity index (χ2n) is 3.21. The molecule has 92 valence electrons. The molecule has 0 radical (unpaired) electrons. The molecule has 0 fully saturated rings. The summed E-state index contributed by atoms with van der Waals surface area (Å²) in [6, 6.07) is 5.39. The maximum atomic E-state index is 10.9. The van der Waals surface area contributed by atoms with E-state index in [0.717, 1.165) is 6.26 Å². The number of benzene rings is 1. The maximum Gasteiger partial charge on any atom is 0.358 e. The monoisotopic (exact) mass is 258 g/mol. The van der Waals surface area contributed by atoms with Gasteiger partial charge in [-0.25, -0.2) is 13.2 Å². The van der Waals surface area contributed by atoms with Gasteiger partial charge in [-0.3, -0.25) is 4.72 Å². The zero-order valence-corrected chi connectivity index (χ0v) is 9.60. The number of rotatable bonds is 4. The molecule has 8 heteroatoms. The molecule has 0 aliphatic rings. The average Bonchev–Trinajstić information content (AvgIpc) is 2.18. The standard InChI is InChI=1S/C9H10N2O5S/c1-17(15,16)11-7-4-2-6(3-5-7)8(10-14)9(12)13/h2-5,11,14H,1H3,(H,12,13). The van der Waals surface area contributed by atoms with Crippen molar-refractivity contribution >= 4 is 27.4 Å². The topological polar surface area (TPSA) is 116 Å². The van der Waals surface area contributed by atoms with Crippen molar-refractivity contribution in [1.29, 1.82) is 0 Å². The van der Waals surface area contributed by atoms with Crippen molar-refractivity contribution < 1.29 is 23.5 Å². The number of aliphatic carboxylic acids is 1. The molecular formula is C9H10N2O5S. The van der Waals surface area contributed by atoms with Crippen LogP contribution >= 0.6 is 0 Å². The van der Waals surface area contributed by atoms with Crippen LogP contribution in [-0.2, 0) is 14.8 Å². The Labute approximate surface area is 97.4 Å². The van der Waals surface area contributed by atoms with Crippen LogP contribution in [0.25, 0.3) is 0 Å². The Morgan fingerprint density at radius 1 is 1.29 bits per heavy atom. The summed E-state index contributed by atoms with van der Waals surface area (Å²) < 4.78 is 24.0. The van der Waals surface area contributed by atoms with Gasteiger partial charge in [0.15, 0.2) is 5.71 Å². The summed E-state index contributed by atoms with van der Waals surface area (Å²) in [4.78, 5) is 10.6. The van der Waals surface area contributed by atoms with Crippen LogP contribution in [0.3, 0.4) is 0 Å². The first-order valence-electron chi connectivity index (χ1n) is 4.37. The molecule has 1 aromatic rings. The van der Waals surface area contributed by atoms with Gasteiger partial charge in [0, 0.05) is 11.3 Å². The van der Waals surface area contributed by atoms with Gasteiger partial charge < -0.3 is 10.3 Å². The van der Waals surface area contributed by atoms with Crippen molar-refractivity contribution in [2.24, 2.45) is 5.16 Å². The first-order valence-corrected chi connectivity index (χ1v) is 6.26. The molecular weight excluding hydrogens is 248 g/mol. The summed E-state index contributed by atoms with van der Waals surface area (Å²) in [7, 11) is -3.38. The maximum absolute atomic E-state index is 10.9. The van der Waals surface area contributed by atoms with E-state index < -0.39 is 21.7 Å². The lowest BCUT2D eigenvalue weighted by Crippen LogP contribution is -2.14. The molecule has 7 nitrogen and oxygen atoms in total. The van der Waals surface area contributed by atoms with Crippen LogP contribution < -0.4 is 4.72 Å². The van der Waals surface area contributed by atoms with E-state index in [1.54, 1.807) is 0 Å². The summed E-state index contributed by atoms with van der Waals surface area (Å²) in [6.45, 7) is 0. The van der Waals surface area contributed by atoms with Crippen molar-refractivity contribution in [2.75, 3.05) is 11.0 Å². The molecule has 17 heavy (non-hydrogen) atoms. The minimum atomic E-state index is -3.38. The normalized spacial score (nSPS) is 12.2. The molecule has 1 aromatic carbocycles. The molecule has 3 N–H and O–H groups in total. The minimum absolute atomic E-state index is 0.166. The number of carboxylic acids is 1. The number of anilines is 1. The van der Waals surface area contributed by atoms with Crippen molar-refractivity contribution in [3.63, 3.8) is 0 Å². The van der Waals surface area contributed by atoms with Gasteiger partial charge in [0.1, 0.15) is 0 Å². The van der Waals surface area contributed by atoms with Crippen molar-refractivity contribution in [1.82, 2.24) is 0 Å². The van der Waals surface area contributed by atoms with Crippen LogP contribution in [0, 0.1) is 0 Å². The van der Waals surface area contributed by atoms with Crippen LogP contribution in [0.2, 0.25) is 0 Å². The van der Waals surface area contributed by atoms with Crippen LogP contribution in [0.1, 0.15) is 5.56 Å². The van der Waals surface area contributed by atoms with Gasteiger partial charge in [0.25, 0.3) is 0 Å². The highest BCUT2D eigenvalue weighted by atomic mass is 32.2. The molecule has 1 rings (SSSR count). The predicted molar refractivity (Wildman–Crippen MR) is 60.9 cm³/mol. The minimum Gasteiger partial charge on any atom is -0.476 e. The van der Waals surface area contributed by atoms with Gasteiger partial charge in [-0.15, -0.1) is 0 Å². The summed E-state index contributed by atoms with van der Waals surface area (Å²) in [5, 5.41) is 19.8. The van der Waals surface area contributed by atoms with Crippen molar-refractivity contribution in [3.8, 4) is 0 Å². The van der Waals surface area contributed by atoms with Gasteiger partial charge in [-0.05, 0) is 12.1 Å². The van der Waals surface area contributed by atoms with E-state index in [0.29, 0.717) is 5.69 Å². The Hall–Kier alpha value is -2.09. The number of carboxylic acid groups (broad SMARTS) is 1. The lowest BCUT2D eigenvalue weighted by atomic mass is 10.1. The predicted octanol–water partition coefficient (Wildman–Crippen LogP) is 0.321. The van der Waals surface area contributed by atoms with Gasteiger partial charge in [0.2, 0.25) is 10.0 Å². The summed E-state index contributed by atoms with van der Waals surface area (Å²) in [6.07, 6.45) is 0.999. The number of oxime groups is 1. The molecule has 0 amide bonds. The van der Waals surface area contributed by atoms with Gasteiger partial charge in [0.05, 0.1) is 6.26 Å². The quantitative estimate of drug-likeness (QED) is 0.408. The van der Waals surface area contributed by atoms with E-state index in [1.807, 2.05) is 0 Å². The fraction of sp³-hybridized carbons (Fsp3) is 0.111. The first kappa shape index (κ1) is 13.0. The van der Waals surface area contributed by atoms with Crippen LogP contribution in [0.4, 0.5) is 5.69 Å². The average molecular weight is 258 g/mol. The molecule has 0 saturated carbocycles. The molecule has 0 aromatic heterocycles. The van der Waals surface area contributed by atoms with Gasteiger partial charge >= 0.3 is 5.97 Å².